The van der Waals surface area contributed by atoms with Crippen molar-refractivity contribution in [2.24, 2.45) is 0 Å². The molecule has 0 spiro atoms. The van der Waals surface area contributed by atoms with E-state index in [2.05, 4.69) is 10.3 Å². The molecule has 0 saturated heterocycles. The second-order valence-corrected chi connectivity index (χ2v) is 4.46. The molecular formula is C13H12ClN3O2. The van der Waals surface area contributed by atoms with Crippen molar-refractivity contribution < 1.29 is 9.90 Å². The predicted molar refractivity (Wildman–Crippen MR) is 75.1 cm³/mol. The Morgan fingerprint density at radius 2 is 2.16 bits per heavy atom. The number of pyridine rings is 1. The average Bonchev–Trinajstić information content (AvgIpc) is 2.36. The van der Waals surface area contributed by atoms with Crippen LogP contribution in [-0.2, 0) is 0 Å². The number of aromatic nitrogens is 1. The van der Waals surface area contributed by atoms with Gasteiger partial charge in [0.15, 0.2) is 5.82 Å². The van der Waals surface area contributed by atoms with Gasteiger partial charge in [-0.2, -0.15) is 0 Å². The van der Waals surface area contributed by atoms with Gasteiger partial charge in [0.1, 0.15) is 0 Å². The number of nitrogen functional groups attached to an aromatic ring is 1. The van der Waals surface area contributed by atoms with Crippen molar-refractivity contribution in [3.05, 3.63) is 46.6 Å². The molecule has 2 aromatic rings. The summed E-state index contributed by atoms with van der Waals surface area (Å²) in [4.78, 5) is 14.8. The zero-order chi connectivity index (χ0) is 14.0. The summed E-state index contributed by atoms with van der Waals surface area (Å²) in [6, 6.07) is 6.82. The van der Waals surface area contributed by atoms with Crippen LogP contribution in [0.2, 0.25) is 5.02 Å². The molecule has 1 heterocycles. The Hall–Kier alpha value is -2.27. The zero-order valence-corrected chi connectivity index (χ0v) is 10.9. The number of aryl methyl sites for hydroxylation is 1. The third-order valence-electron chi connectivity index (χ3n) is 2.60. The SMILES string of the molecule is Cc1ccc(Nc2ncc(C(=O)O)cc2N)cc1Cl. The minimum absolute atomic E-state index is 0.0463. The minimum atomic E-state index is -1.07. The van der Waals surface area contributed by atoms with E-state index in [0.717, 1.165) is 11.3 Å². The highest BCUT2D eigenvalue weighted by Crippen LogP contribution is 2.25. The van der Waals surface area contributed by atoms with E-state index in [4.69, 9.17) is 22.4 Å². The fourth-order valence-electron chi connectivity index (χ4n) is 1.51. The van der Waals surface area contributed by atoms with E-state index in [1.165, 1.54) is 12.3 Å². The molecule has 0 fully saturated rings. The molecule has 0 bridgehead atoms. The Morgan fingerprint density at radius 3 is 2.74 bits per heavy atom. The Balaban J connectivity index is 2.28. The molecule has 19 heavy (non-hydrogen) atoms. The maximum absolute atomic E-state index is 10.8. The molecule has 2 rings (SSSR count). The van der Waals surface area contributed by atoms with E-state index in [9.17, 15) is 4.79 Å². The highest BCUT2D eigenvalue weighted by atomic mass is 35.5. The minimum Gasteiger partial charge on any atom is -0.478 e. The van der Waals surface area contributed by atoms with Crippen molar-refractivity contribution in [2.45, 2.75) is 6.92 Å². The molecule has 0 saturated carbocycles. The molecular weight excluding hydrogens is 266 g/mol. The molecule has 6 heteroatoms. The standard InChI is InChI=1S/C13H12ClN3O2/c1-7-2-3-9(5-10(7)14)17-12-11(15)4-8(6-16-12)13(18)19/h2-6H,15H2,1H3,(H,16,17)(H,18,19). The van der Waals surface area contributed by atoms with Crippen molar-refractivity contribution >= 4 is 34.8 Å². The number of nitrogens with two attached hydrogens (primary N) is 1. The van der Waals surface area contributed by atoms with Crippen LogP contribution < -0.4 is 11.1 Å². The van der Waals surface area contributed by atoms with Crippen LogP contribution in [0.3, 0.4) is 0 Å². The summed E-state index contributed by atoms with van der Waals surface area (Å²) in [6.07, 6.45) is 1.25. The Bertz CT molecular complexity index is 644. The van der Waals surface area contributed by atoms with Crippen molar-refractivity contribution in [3.8, 4) is 0 Å². The highest BCUT2D eigenvalue weighted by Gasteiger charge is 2.08. The maximum atomic E-state index is 10.8. The number of aromatic carboxylic acids is 1. The third-order valence-corrected chi connectivity index (χ3v) is 3.01. The summed E-state index contributed by atoms with van der Waals surface area (Å²) in [6.45, 7) is 1.90. The Morgan fingerprint density at radius 1 is 1.42 bits per heavy atom. The summed E-state index contributed by atoms with van der Waals surface area (Å²) in [7, 11) is 0. The van der Waals surface area contributed by atoms with Crippen LogP contribution in [0, 0.1) is 6.92 Å². The quantitative estimate of drug-likeness (QED) is 0.802. The van der Waals surface area contributed by atoms with Crippen LogP contribution in [-0.4, -0.2) is 16.1 Å². The second-order valence-electron chi connectivity index (χ2n) is 4.06. The maximum Gasteiger partial charge on any atom is 0.337 e. The van der Waals surface area contributed by atoms with E-state index in [1.54, 1.807) is 6.07 Å². The molecule has 0 aliphatic heterocycles. The van der Waals surface area contributed by atoms with Crippen LogP contribution in [0.1, 0.15) is 15.9 Å². The lowest BCUT2D eigenvalue weighted by atomic mass is 10.2. The molecule has 0 radical (unpaired) electrons. The van der Waals surface area contributed by atoms with Gasteiger partial charge in [-0.3, -0.25) is 0 Å². The van der Waals surface area contributed by atoms with Gasteiger partial charge >= 0.3 is 5.97 Å². The molecule has 0 unspecified atom stereocenters. The smallest absolute Gasteiger partial charge is 0.337 e. The number of carbonyl (C=O) groups is 1. The van der Waals surface area contributed by atoms with Crippen molar-refractivity contribution in [1.29, 1.82) is 0 Å². The van der Waals surface area contributed by atoms with Gasteiger partial charge in [-0.25, -0.2) is 9.78 Å². The number of hydrogen-bond acceptors (Lipinski definition) is 4. The largest absolute Gasteiger partial charge is 0.478 e. The number of nitrogens with zero attached hydrogens (tertiary/aromatic N) is 1. The second kappa shape index (κ2) is 5.16. The number of carboxylic acid groups (broad SMARTS) is 1. The van der Waals surface area contributed by atoms with E-state index in [1.807, 2.05) is 19.1 Å². The first-order valence-corrected chi connectivity index (χ1v) is 5.87. The number of rotatable bonds is 3. The lowest BCUT2D eigenvalue weighted by Crippen LogP contribution is -2.03. The summed E-state index contributed by atoms with van der Waals surface area (Å²) in [5.74, 6) is -0.672. The number of carboxylic acids is 1. The molecule has 0 atom stereocenters. The van der Waals surface area contributed by atoms with Crippen LogP contribution in [0.4, 0.5) is 17.2 Å². The van der Waals surface area contributed by atoms with Crippen LogP contribution in [0.5, 0.6) is 0 Å². The van der Waals surface area contributed by atoms with Gasteiger partial charge in [0.05, 0.1) is 11.3 Å². The topological polar surface area (TPSA) is 88.2 Å². The van der Waals surface area contributed by atoms with E-state index >= 15 is 0 Å². The van der Waals surface area contributed by atoms with Gasteiger partial charge in [-0.05, 0) is 30.7 Å². The first-order chi connectivity index (χ1) is 8.97. The summed E-state index contributed by atoms with van der Waals surface area (Å²) < 4.78 is 0. The van der Waals surface area contributed by atoms with Crippen LogP contribution in [0.25, 0.3) is 0 Å². The highest BCUT2D eigenvalue weighted by molar-refractivity contribution is 6.31. The number of anilines is 3. The van der Waals surface area contributed by atoms with Gasteiger partial charge in [0.2, 0.25) is 0 Å². The molecule has 5 nitrogen and oxygen atoms in total. The number of halogens is 1. The summed E-state index contributed by atoms with van der Waals surface area (Å²) in [5, 5.41) is 12.4. The lowest BCUT2D eigenvalue weighted by molar-refractivity contribution is 0.0696. The molecule has 0 amide bonds. The van der Waals surface area contributed by atoms with Gasteiger partial charge < -0.3 is 16.2 Å². The van der Waals surface area contributed by atoms with Crippen LogP contribution >= 0.6 is 11.6 Å². The molecule has 1 aromatic heterocycles. The fourth-order valence-corrected chi connectivity index (χ4v) is 1.69. The molecule has 1 aromatic carbocycles. The van der Waals surface area contributed by atoms with Gasteiger partial charge in [-0.15, -0.1) is 0 Å². The Kier molecular flexibility index (Phi) is 3.57. The molecule has 4 N–H and O–H groups in total. The average molecular weight is 278 g/mol. The summed E-state index contributed by atoms with van der Waals surface area (Å²) >= 11 is 6.02. The monoisotopic (exact) mass is 277 g/mol. The van der Waals surface area contributed by atoms with E-state index < -0.39 is 5.97 Å². The van der Waals surface area contributed by atoms with Gasteiger partial charge in [0, 0.05) is 16.9 Å². The third kappa shape index (κ3) is 2.95. The number of hydrogen-bond donors (Lipinski definition) is 3. The van der Waals surface area contributed by atoms with Gasteiger partial charge in [0.25, 0.3) is 0 Å². The van der Waals surface area contributed by atoms with Crippen molar-refractivity contribution in [2.75, 3.05) is 11.1 Å². The lowest BCUT2D eigenvalue weighted by Gasteiger charge is -2.09. The van der Waals surface area contributed by atoms with E-state index in [0.29, 0.717) is 10.8 Å². The van der Waals surface area contributed by atoms with Gasteiger partial charge in [-0.1, -0.05) is 17.7 Å². The molecule has 0 aliphatic carbocycles. The normalized spacial score (nSPS) is 10.2. The van der Waals surface area contributed by atoms with Crippen LogP contribution in [0.15, 0.2) is 30.5 Å². The first-order valence-electron chi connectivity index (χ1n) is 5.49. The zero-order valence-electron chi connectivity index (χ0n) is 10.1. The molecule has 98 valence electrons. The number of benzene rings is 1. The van der Waals surface area contributed by atoms with Crippen molar-refractivity contribution in [3.63, 3.8) is 0 Å². The molecule has 0 aliphatic rings. The first kappa shape index (κ1) is 13.2. The fraction of sp³-hybridized carbons (Fsp3) is 0.0769. The Labute approximate surface area is 115 Å². The predicted octanol–water partition coefficient (Wildman–Crippen LogP) is 3.07. The van der Waals surface area contributed by atoms with Crippen molar-refractivity contribution in [1.82, 2.24) is 4.98 Å². The summed E-state index contributed by atoms with van der Waals surface area (Å²) in [5.41, 5.74) is 7.76. The van der Waals surface area contributed by atoms with E-state index in [-0.39, 0.29) is 11.3 Å². The number of nitrogens with one attached hydrogen (secondary N) is 1.